The summed E-state index contributed by atoms with van der Waals surface area (Å²) in [5.41, 5.74) is 3.61. The number of carbonyl (C=O) groups excluding carboxylic acids is 1. The molecule has 0 spiro atoms. The van der Waals surface area contributed by atoms with E-state index in [2.05, 4.69) is 16.8 Å². The van der Waals surface area contributed by atoms with Gasteiger partial charge in [0.2, 0.25) is 0 Å². The number of aromatic carboxylic acids is 1. The second-order valence-electron chi connectivity index (χ2n) is 8.26. The lowest BCUT2D eigenvalue weighted by Gasteiger charge is -2.12. The van der Waals surface area contributed by atoms with Gasteiger partial charge in [-0.3, -0.25) is 14.7 Å². The number of carboxylic acid groups (broad SMARTS) is 1. The number of aromatic nitrogens is 2. The molecule has 2 heterocycles. The van der Waals surface area contributed by atoms with Crippen LogP contribution in [0.3, 0.4) is 0 Å². The second kappa shape index (κ2) is 10.2. The smallest absolute Gasteiger partial charge is 0.335 e. The van der Waals surface area contributed by atoms with Crippen LogP contribution in [-0.2, 0) is 4.79 Å². The van der Waals surface area contributed by atoms with E-state index >= 15 is 0 Å². The van der Waals surface area contributed by atoms with E-state index in [-0.39, 0.29) is 22.8 Å². The minimum Gasteiger partial charge on any atom is -0.508 e. The molecule has 0 bridgehead atoms. The summed E-state index contributed by atoms with van der Waals surface area (Å²) in [7, 11) is 0. The highest BCUT2D eigenvalue weighted by atomic mass is 16.4. The van der Waals surface area contributed by atoms with Gasteiger partial charge in [-0.1, -0.05) is 24.8 Å². The lowest BCUT2D eigenvalue weighted by Crippen LogP contribution is -2.21. The summed E-state index contributed by atoms with van der Waals surface area (Å²) in [4.78, 5) is 36.7. The number of benzene rings is 2. The number of hydrogen-bond acceptors (Lipinski definition) is 5. The molecule has 0 aliphatic carbocycles. The molecule has 186 valence electrons. The highest BCUT2D eigenvalue weighted by Gasteiger charge is 2.28. The minimum absolute atomic E-state index is 0.0547. The van der Waals surface area contributed by atoms with Gasteiger partial charge in [-0.15, -0.1) is 0 Å². The number of allylic oxidation sites excluding steroid dienone is 4. The number of aliphatic hydroxyl groups excluding tert-OH is 1. The van der Waals surface area contributed by atoms with E-state index in [0.29, 0.717) is 39.5 Å². The molecule has 0 fully saturated rings. The van der Waals surface area contributed by atoms with Gasteiger partial charge in [0.15, 0.2) is 0 Å². The van der Waals surface area contributed by atoms with E-state index in [9.17, 15) is 19.5 Å². The number of H-pyrrole nitrogens is 1. The topological polar surface area (TPSA) is 128 Å². The molecule has 3 aromatic rings. The number of nitrogens with one attached hydrogen (secondary N) is 1. The molecule has 0 saturated carbocycles. The number of hydrogen-bond donors (Lipinski definition) is 3. The van der Waals surface area contributed by atoms with E-state index in [1.54, 1.807) is 80.6 Å². The maximum Gasteiger partial charge on any atom is 0.335 e. The normalized spacial score (nSPS) is 14.8. The predicted octanol–water partition coefficient (Wildman–Crippen LogP) is 4.62. The van der Waals surface area contributed by atoms with Crippen molar-refractivity contribution < 1.29 is 19.8 Å². The number of carbonyl (C=O) groups is 2. The van der Waals surface area contributed by atoms with Gasteiger partial charge in [-0.25, -0.2) is 9.48 Å². The first-order valence-electron chi connectivity index (χ1n) is 11.3. The summed E-state index contributed by atoms with van der Waals surface area (Å²) >= 11 is 0. The number of amides is 1. The van der Waals surface area contributed by atoms with E-state index in [4.69, 9.17) is 5.11 Å². The zero-order chi connectivity index (χ0) is 26.7. The van der Waals surface area contributed by atoms with Crippen molar-refractivity contribution in [3.05, 3.63) is 118 Å². The largest absolute Gasteiger partial charge is 0.508 e. The molecule has 0 saturated heterocycles. The van der Waals surface area contributed by atoms with Crippen molar-refractivity contribution in [2.45, 2.75) is 13.8 Å². The lowest BCUT2D eigenvalue weighted by molar-refractivity contribution is -0.114. The molecule has 1 amide bonds. The molecule has 4 rings (SSSR count). The molecular weight excluding hydrogens is 472 g/mol. The molecule has 37 heavy (non-hydrogen) atoms. The number of anilines is 1. The molecule has 9 nitrogen and oxygen atoms in total. The van der Waals surface area contributed by atoms with Gasteiger partial charge in [-0.05, 0) is 74.5 Å². The number of rotatable bonds is 7. The Hall–Kier alpha value is -5.18. The number of aromatic amines is 1. The number of aryl methyl sites for hydroxylation is 1. The van der Waals surface area contributed by atoms with Crippen LogP contribution in [0.1, 0.15) is 34.1 Å². The van der Waals surface area contributed by atoms with Crippen molar-refractivity contribution in [3.63, 3.8) is 0 Å². The van der Waals surface area contributed by atoms with Crippen LogP contribution in [0.4, 0.5) is 5.69 Å². The van der Waals surface area contributed by atoms with Crippen LogP contribution in [0.15, 0.2) is 94.9 Å². The van der Waals surface area contributed by atoms with Crippen molar-refractivity contribution in [1.29, 1.82) is 0 Å². The van der Waals surface area contributed by atoms with Gasteiger partial charge in [-0.2, -0.15) is 10.1 Å². The molecule has 9 heteroatoms. The van der Waals surface area contributed by atoms with Gasteiger partial charge in [0.25, 0.3) is 11.5 Å². The maximum absolute atomic E-state index is 12.8. The van der Waals surface area contributed by atoms with E-state index in [0.717, 1.165) is 0 Å². The fraction of sp³-hybridized carbons (Fsp3) is 0.0714. The zero-order valence-corrected chi connectivity index (χ0v) is 20.2. The van der Waals surface area contributed by atoms with E-state index in [1.165, 1.54) is 21.8 Å². The van der Waals surface area contributed by atoms with Gasteiger partial charge in [0.1, 0.15) is 5.76 Å². The van der Waals surface area contributed by atoms with Crippen molar-refractivity contribution in [3.8, 4) is 5.69 Å². The van der Waals surface area contributed by atoms with Crippen LogP contribution < -0.4 is 10.6 Å². The summed E-state index contributed by atoms with van der Waals surface area (Å²) in [6.45, 7) is 6.99. The van der Waals surface area contributed by atoms with Gasteiger partial charge >= 0.3 is 5.97 Å². The maximum atomic E-state index is 12.8. The summed E-state index contributed by atoms with van der Waals surface area (Å²) in [5, 5.41) is 27.1. The monoisotopic (exact) mass is 496 g/mol. The Kier molecular flexibility index (Phi) is 6.88. The van der Waals surface area contributed by atoms with Gasteiger partial charge in [0, 0.05) is 11.3 Å². The Labute approximate surface area is 212 Å². The predicted molar refractivity (Wildman–Crippen MR) is 143 cm³/mol. The molecule has 0 radical (unpaired) electrons. The standard InChI is InChI=1S/C28H24N4O5/c1-17-24(26(34)31(29-17)22-13-9-20(10-14-22)19(3)33)7-5-4-6-8-25-18(2)30-32(27(25)35)23-15-11-21(12-16-23)28(36)37/h4-16,30,33H,3H2,1-2H3,(H,36,37). The molecule has 3 N–H and O–H groups in total. The van der Waals surface area contributed by atoms with E-state index < -0.39 is 5.97 Å². The lowest BCUT2D eigenvalue weighted by atomic mass is 10.1. The number of carboxylic acids is 1. The molecule has 0 atom stereocenters. The second-order valence-corrected chi connectivity index (χ2v) is 8.26. The first-order chi connectivity index (χ1) is 17.7. The number of hydrazone groups is 1. The minimum atomic E-state index is -1.04. The molecule has 1 aromatic heterocycles. The van der Waals surface area contributed by atoms with Crippen LogP contribution in [0.25, 0.3) is 17.5 Å². The Morgan fingerprint density at radius 3 is 2.16 bits per heavy atom. The molecule has 1 aliphatic rings. The summed E-state index contributed by atoms with van der Waals surface area (Å²) in [6.07, 6.45) is 8.40. The average molecular weight is 497 g/mol. The highest BCUT2D eigenvalue weighted by molar-refractivity contribution is 6.29. The zero-order valence-electron chi connectivity index (χ0n) is 20.2. The summed E-state index contributed by atoms with van der Waals surface area (Å²) in [6, 6.07) is 12.7. The van der Waals surface area contributed by atoms with Crippen molar-refractivity contribution in [2.75, 3.05) is 5.01 Å². The number of aliphatic hydroxyl groups is 1. The fourth-order valence-corrected chi connectivity index (χ4v) is 3.74. The van der Waals surface area contributed by atoms with Crippen LogP contribution in [0.2, 0.25) is 0 Å². The van der Waals surface area contributed by atoms with Crippen LogP contribution in [0, 0.1) is 6.92 Å². The third kappa shape index (κ3) is 5.10. The first kappa shape index (κ1) is 24.9. The quantitative estimate of drug-likeness (QED) is 0.250. The third-order valence-electron chi connectivity index (χ3n) is 5.75. The average Bonchev–Trinajstić information content (AvgIpc) is 3.33. The fourth-order valence-electron chi connectivity index (χ4n) is 3.74. The van der Waals surface area contributed by atoms with Crippen LogP contribution in [0.5, 0.6) is 0 Å². The SMILES string of the molecule is C=C(O)c1ccc(N2N=C(C)C(=CC=CC=Cc3c(C)[nH]n(-c4ccc(C(=O)O)cc4)c3=O)C2=O)cc1. The Balaban J connectivity index is 1.47. The first-order valence-corrected chi connectivity index (χ1v) is 11.3. The van der Waals surface area contributed by atoms with Crippen molar-refractivity contribution in [2.24, 2.45) is 5.10 Å². The van der Waals surface area contributed by atoms with Crippen LogP contribution in [-0.4, -0.2) is 37.6 Å². The molecular formula is C28H24N4O5. The highest BCUT2D eigenvalue weighted by Crippen LogP contribution is 2.25. The van der Waals surface area contributed by atoms with Crippen molar-refractivity contribution >= 4 is 35.1 Å². The van der Waals surface area contributed by atoms with Gasteiger partial charge < -0.3 is 10.2 Å². The van der Waals surface area contributed by atoms with E-state index in [1.807, 2.05) is 0 Å². The third-order valence-corrected chi connectivity index (χ3v) is 5.75. The molecule has 2 aromatic carbocycles. The Bertz CT molecular complexity index is 1570. The summed E-state index contributed by atoms with van der Waals surface area (Å²) in [5.74, 6) is -1.37. The molecule has 1 aliphatic heterocycles. The molecule has 0 unspecified atom stereocenters. The summed E-state index contributed by atoms with van der Waals surface area (Å²) < 4.78 is 1.35. The number of nitrogens with zero attached hydrogens (tertiary/aromatic N) is 3. The Morgan fingerprint density at radius 1 is 0.919 bits per heavy atom. The van der Waals surface area contributed by atoms with Gasteiger partial charge in [0.05, 0.1) is 33.8 Å². The van der Waals surface area contributed by atoms with Crippen LogP contribution >= 0.6 is 0 Å². The van der Waals surface area contributed by atoms with Crippen molar-refractivity contribution in [1.82, 2.24) is 9.78 Å². The Morgan fingerprint density at radius 2 is 1.54 bits per heavy atom.